The van der Waals surface area contributed by atoms with Crippen LogP contribution in [0.2, 0.25) is 5.02 Å². The van der Waals surface area contributed by atoms with Crippen molar-refractivity contribution < 1.29 is 4.92 Å². The van der Waals surface area contributed by atoms with Gasteiger partial charge in [0.25, 0.3) is 0 Å². The van der Waals surface area contributed by atoms with Crippen LogP contribution in [0, 0.1) is 13.7 Å². The third-order valence-corrected chi connectivity index (χ3v) is 2.55. The zero-order valence-electron chi connectivity index (χ0n) is 6.51. The van der Waals surface area contributed by atoms with E-state index in [1.807, 2.05) is 22.6 Å². The van der Waals surface area contributed by atoms with Crippen LogP contribution in [0.4, 0.5) is 11.4 Å². The lowest BCUT2D eigenvalue weighted by Crippen LogP contribution is -1.96. The summed E-state index contributed by atoms with van der Waals surface area (Å²) in [6.07, 6.45) is 0. The van der Waals surface area contributed by atoms with Crippen molar-refractivity contribution in [1.82, 2.24) is 0 Å². The van der Waals surface area contributed by atoms with E-state index in [4.69, 9.17) is 17.3 Å². The van der Waals surface area contributed by atoms with Crippen molar-refractivity contribution in [2.75, 3.05) is 5.73 Å². The molecule has 0 bridgehead atoms. The fourth-order valence-electron chi connectivity index (χ4n) is 0.724. The van der Waals surface area contributed by atoms with Gasteiger partial charge in [0.05, 0.1) is 14.2 Å². The van der Waals surface area contributed by atoms with E-state index in [-0.39, 0.29) is 16.4 Å². The number of halogens is 4. The Morgan fingerprint density at radius 1 is 1.43 bits per heavy atom. The predicted octanol–water partition coefficient (Wildman–Crippen LogP) is 4.01. The van der Waals surface area contributed by atoms with Gasteiger partial charge in [-0.3, -0.25) is 10.1 Å². The van der Waals surface area contributed by atoms with Crippen molar-refractivity contribution in [1.29, 1.82) is 0 Å². The van der Waals surface area contributed by atoms with Gasteiger partial charge in [-0.05, 0) is 43.6 Å². The van der Waals surface area contributed by atoms with Crippen LogP contribution in [0.25, 0.3) is 0 Å². The zero-order chi connectivity index (χ0) is 11.3. The van der Waals surface area contributed by atoms with Gasteiger partial charge >= 0.3 is 5.69 Å². The van der Waals surface area contributed by atoms with E-state index in [0.717, 1.165) is 0 Å². The summed E-state index contributed by atoms with van der Waals surface area (Å²) in [4.78, 5) is 9.91. The van der Waals surface area contributed by atoms with Gasteiger partial charge in [0.2, 0.25) is 0 Å². The maximum Gasteiger partial charge on any atom is 0.303 e. The van der Waals surface area contributed by atoms with E-state index in [9.17, 15) is 10.1 Å². The normalized spacial score (nSPS) is 8.86. The van der Waals surface area contributed by atoms with Gasteiger partial charge in [-0.25, -0.2) is 0 Å². The minimum absolute atomic E-state index is 0.00639. The number of nitro groups is 1. The van der Waals surface area contributed by atoms with Crippen molar-refractivity contribution >= 4 is 75.9 Å². The lowest BCUT2D eigenvalue weighted by atomic mass is 10.3. The summed E-state index contributed by atoms with van der Waals surface area (Å²) in [6.45, 7) is 0. The maximum absolute atomic E-state index is 10.5. The molecular formula is C6H4Cl2I2N2O2. The molecule has 0 aromatic heterocycles. The molecule has 0 atom stereocenters. The first-order valence-corrected chi connectivity index (χ1v) is 7.25. The van der Waals surface area contributed by atoms with Crippen LogP contribution in [0.5, 0.6) is 0 Å². The molecule has 0 radical (unpaired) electrons. The number of benzene rings is 1. The molecule has 0 aliphatic carbocycles. The summed E-state index contributed by atoms with van der Waals surface area (Å²) in [7, 11) is 4.61. The van der Waals surface area contributed by atoms with Crippen LogP contribution in [0.1, 0.15) is 0 Å². The lowest BCUT2D eigenvalue weighted by molar-refractivity contribution is -0.385. The van der Waals surface area contributed by atoms with Crippen LogP contribution in [0.3, 0.4) is 0 Å². The van der Waals surface area contributed by atoms with Gasteiger partial charge < -0.3 is 5.73 Å². The summed E-state index contributed by atoms with van der Waals surface area (Å²) in [5.74, 6) is 0. The minimum atomic E-state index is -0.541. The largest absolute Gasteiger partial charge is 0.397 e. The number of nitrogens with zero attached hydrogens (tertiary/aromatic N) is 1. The van der Waals surface area contributed by atoms with Gasteiger partial charge in [0.1, 0.15) is 5.02 Å². The molecule has 0 saturated carbocycles. The Labute approximate surface area is 116 Å². The molecule has 1 rings (SSSR count). The molecule has 14 heavy (non-hydrogen) atoms. The van der Waals surface area contributed by atoms with E-state index in [2.05, 4.69) is 8.91 Å². The van der Waals surface area contributed by atoms with Crippen molar-refractivity contribution in [3.05, 3.63) is 30.8 Å². The third kappa shape index (κ3) is 3.55. The average Bonchev–Trinajstić information content (AvgIpc) is 2.15. The van der Waals surface area contributed by atoms with Crippen LogP contribution in [0.15, 0.2) is 12.1 Å². The van der Waals surface area contributed by atoms with Gasteiger partial charge in [-0.2, -0.15) is 0 Å². The number of anilines is 1. The Kier molecular flexibility index (Phi) is 7.08. The second kappa shape index (κ2) is 6.85. The molecule has 1 aromatic rings. The van der Waals surface area contributed by atoms with E-state index in [1.165, 1.54) is 6.07 Å². The van der Waals surface area contributed by atoms with Crippen LogP contribution >= 0.6 is 64.6 Å². The molecule has 4 nitrogen and oxygen atoms in total. The Balaban J connectivity index is 0.000000791. The number of hydrogen-bond donors (Lipinski definition) is 1. The second-order valence-electron chi connectivity index (χ2n) is 2.06. The van der Waals surface area contributed by atoms with Crippen LogP contribution in [-0.2, 0) is 0 Å². The van der Waals surface area contributed by atoms with Crippen LogP contribution < -0.4 is 5.73 Å². The molecule has 0 fully saturated rings. The summed E-state index contributed by atoms with van der Waals surface area (Å²) in [5, 5.41) is 10.5. The second-order valence-corrected chi connectivity index (χ2v) is 3.60. The summed E-state index contributed by atoms with van der Waals surface area (Å²) >= 11 is 9.08. The summed E-state index contributed by atoms with van der Waals surface area (Å²) in [5.41, 5.74) is 5.49. The Morgan fingerprint density at radius 3 is 2.29 bits per heavy atom. The number of rotatable bonds is 1. The highest BCUT2D eigenvalue weighted by atomic mass is 127. The molecule has 2 N–H and O–H groups in total. The molecule has 0 unspecified atom stereocenters. The van der Waals surface area contributed by atoms with Gasteiger partial charge in [0.15, 0.2) is 0 Å². The Morgan fingerprint density at radius 2 is 1.93 bits per heavy atom. The average molecular weight is 461 g/mol. The van der Waals surface area contributed by atoms with E-state index in [0.29, 0.717) is 3.57 Å². The highest BCUT2D eigenvalue weighted by molar-refractivity contribution is 14.1. The third-order valence-electron chi connectivity index (χ3n) is 1.28. The molecule has 1 aromatic carbocycles. The van der Waals surface area contributed by atoms with Gasteiger partial charge in [-0.1, -0.05) is 11.6 Å². The fourth-order valence-corrected chi connectivity index (χ4v) is 1.76. The predicted molar refractivity (Wildman–Crippen MR) is 75.1 cm³/mol. The highest BCUT2D eigenvalue weighted by Crippen LogP contribution is 2.33. The number of hydrogen-bond acceptors (Lipinski definition) is 3. The van der Waals surface area contributed by atoms with Crippen molar-refractivity contribution in [3.63, 3.8) is 0 Å². The van der Waals surface area contributed by atoms with Crippen LogP contribution in [-0.4, -0.2) is 4.92 Å². The first-order chi connectivity index (χ1) is 6.54. The molecule has 0 amide bonds. The molecule has 0 aliphatic rings. The van der Waals surface area contributed by atoms with Gasteiger partial charge in [0, 0.05) is 21.5 Å². The molecule has 0 spiro atoms. The van der Waals surface area contributed by atoms with E-state index >= 15 is 0 Å². The van der Waals surface area contributed by atoms with Crippen molar-refractivity contribution in [3.8, 4) is 0 Å². The van der Waals surface area contributed by atoms with E-state index in [1.54, 1.807) is 27.5 Å². The van der Waals surface area contributed by atoms with Crippen molar-refractivity contribution in [2.45, 2.75) is 0 Å². The monoisotopic (exact) mass is 460 g/mol. The zero-order valence-corrected chi connectivity index (χ0v) is 12.3. The van der Waals surface area contributed by atoms with Gasteiger partial charge in [-0.15, -0.1) is 0 Å². The molecular weight excluding hydrogens is 457 g/mol. The Bertz CT molecular complexity index is 349. The maximum atomic E-state index is 10.5. The first kappa shape index (κ1) is 14.5. The van der Waals surface area contributed by atoms with Crippen molar-refractivity contribution in [2.24, 2.45) is 0 Å². The van der Waals surface area contributed by atoms with E-state index < -0.39 is 4.92 Å². The highest BCUT2D eigenvalue weighted by Gasteiger charge is 2.18. The number of nitro benzene ring substituents is 1. The number of nitrogen functional groups attached to an aromatic ring is 1. The Hall–Kier alpha value is 0.460. The fraction of sp³-hybridized carbons (Fsp3) is 0. The minimum Gasteiger partial charge on any atom is -0.397 e. The quantitative estimate of drug-likeness (QED) is 0.298. The molecule has 78 valence electrons. The molecule has 8 heteroatoms. The lowest BCUT2D eigenvalue weighted by Gasteiger charge is -2.00. The summed E-state index contributed by atoms with van der Waals surface area (Å²) < 4.78 is 0.483. The number of nitrogens with two attached hydrogens (primary N) is 1. The molecule has 0 aliphatic heterocycles. The SMILES string of the molecule is ClI.Nc1ccc(I)c([N+](=O)[O-])c1Cl. The standard InChI is InChI=1S/C6H4ClIN2O2.ClI/c7-5-4(9)2-1-3(8)6(5)10(11)12;1-2/h1-2H,9H2;. The first-order valence-electron chi connectivity index (χ1n) is 3.06. The summed E-state index contributed by atoms with van der Waals surface area (Å²) in [6, 6.07) is 3.09. The topological polar surface area (TPSA) is 69.2 Å². The molecule has 0 heterocycles. The molecule has 0 saturated heterocycles. The smallest absolute Gasteiger partial charge is 0.303 e.